The van der Waals surface area contributed by atoms with E-state index in [1.807, 2.05) is 25.1 Å². The lowest BCUT2D eigenvalue weighted by Gasteiger charge is -2.46. The number of anilines is 1. The van der Waals surface area contributed by atoms with E-state index in [2.05, 4.69) is 20.2 Å². The number of likely N-dealkylation sites (tertiary alicyclic amines) is 1. The Bertz CT molecular complexity index is 762. The van der Waals surface area contributed by atoms with Crippen molar-refractivity contribution in [3.8, 4) is 0 Å². The van der Waals surface area contributed by atoms with E-state index in [1.54, 1.807) is 18.5 Å². The van der Waals surface area contributed by atoms with Crippen LogP contribution in [-0.2, 0) is 11.3 Å². The molecule has 2 aliphatic rings. The number of hydrogen-bond acceptors (Lipinski definition) is 5. The van der Waals surface area contributed by atoms with Gasteiger partial charge in [-0.1, -0.05) is 17.7 Å². The van der Waals surface area contributed by atoms with Gasteiger partial charge >= 0.3 is 0 Å². The summed E-state index contributed by atoms with van der Waals surface area (Å²) in [4.78, 5) is 10.9. The van der Waals surface area contributed by atoms with Crippen LogP contribution < -0.4 is 5.32 Å². The fourth-order valence-corrected chi connectivity index (χ4v) is 4.24. The highest BCUT2D eigenvalue weighted by molar-refractivity contribution is 5.25. The van der Waals surface area contributed by atoms with Crippen LogP contribution in [0, 0.1) is 12.7 Å². The molecule has 6 heteroatoms. The second-order valence-corrected chi connectivity index (χ2v) is 7.81. The highest BCUT2D eigenvalue weighted by Crippen LogP contribution is 2.36. The quantitative estimate of drug-likeness (QED) is 0.892. The van der Waals surface area contributed by atoms with Crippen LogP contribution in [0.3, 0.4) is 0 Å². The summed E-state index contributed by atoms with van der Waals surface area (Å²) < 4.78 is 20.3. The first-order valence-corrected chi connectivity index (χ1v) is 9.77. The smallest absolute Gasteiger partial charge is 0.222 e. The van der Waals surface area contributed by atoms with Crippen molar-refractivity contribution in [3.05, 3.63) is 53.6 Å². The molecule has 1 aromatic heterocycles. The monoisotopic (exact) mass is 370 g/mol. The average Bonchev–Trinajstić information content (AvgIpc) is 2.68. The van der Waals surface area contributed by atoms with Crippen molar-refractivity contribution in [2.45, 2.75) is 50.8 Å². The number of halogens is 1. The lowest BCUT2D eigenvalue weighted by molar-refractivity contribution is -0.115. The number of aromatic nitrogens is 2. The zero-order valence-corrected chi connectivity index (χ0v) is 15.8. The Labute approximate surface area is 160 Å². The molecule has 144 valence electrons. The molecule has 1 aromatic carbocycles. The Balaban J connectivity index is 1.34. The molecule has 0 saturated carbocycles. The zero-order chi connectivity index (χ0) is 18.7. The van der Waals surface area contributed by atoms with Crippen LogP contribution >= 0.6 is 0 Å². The second kappa shape index (κ2) is 7.90. The van der Waals surface area contributed by atoms with E-state index in [-0.39, 0.29) is 11.4 Å². The van der Waals surface area contributed by atoms with Crippen LogP contribution in [0.25, 0.3) is 0 Å². The first-order chi connectivity index (χ1) is 13.1. The molecule has 2 fully saturated rings. The van der Waals surface area contributed by atoms with E-state index in [1.165, 1.54) is 0 Å². The molecule has 1 N–H and O–H groups in total. The van der Waals surface area contributed by atoms with E-state index in [0.717, 1.165) is 56.5 Å². The van der Waals surface area contributed by atoms with Crippen LogP contribution in [0.5, 0.6) is 0 Å². The number of nitrogens with zero attached hydrogens (tertiary/aromatic N) is 3. The summed E-state index contributed by atoms with van der Waals surface area (Å²) >= 11 is 0. The van der Waals surface area contributed by atoms with Gasteiger partial charge in [0, 0.05) is 50.2 Å². The molecule has 1 spiro atoms. The Kier molecular flexibility index (Phi) is 5.36. The van der Waals surface area contributed by atoms with Crippen molar-refractivity contribution in [1.82, 2.24) is 14.9 Å². The molecule has 4 rings (SSSR count). The van der Waals surface area contributed by atoms with Crippen molar-refractivity contribution in [2.24, 2.45) is 0 Å². The van der Waals surface area contributed by atoms with Gasteiger partial charge in [0.15, 0.2) is 0 Å². The van der Waals surface area contributed by atoms with Crippen molar-refractivity contribution < 1.29 is 9.13 Å². The Morgan fingerprint density at radius 3 is 2.81 bits per heavy atom. The molecule has 2 saturated heterocycles. The van der Waals surface area contributed by atoms with Gasteiger partial charge in [-0.2, -0.15) is 0 Å². The highest BCUT2D eigenvalue weighted by Gasteiger charge is 2.40. The maximum Gasteiger partial charge on any atom is 0.222 e. The van der Waals surface area contributed by atoms with E-state index in [0.29, 0.717) is 18.5 Å². The molecule has 0 unspecified atom stereocenters. The number of rotatable bonds is 4. The van der Waals surface area contributed by atoms with E-state index in [9.17, 15) is 4.39 Å². The average molecular weight is 370 g/mol. The minimum Gasteiger partial charge on any atom is -0.375 e. The van der Waals surface area contributed by atoms with E-state index in [4.69, 9.17) is 4.74 Å². The summed E-state index contributed by atoms with van der Waals surface area (Å²) in [6.07, 6.45) is 7.42. The topological polar surface area (TPSA) is 50.3 Å². The predicted molar refractivity (Wildman–Crippen MR) is 103 cm³/mol. The molecule has 0 bridgehead atoms. The van der Waals surface area contributed by atoms with E-state index >= 15 is 0 Å². The molecule has 3 heterocycles. The van der Waals surface area contributed by atoms with Crippen molar-refractivity contribution in [2.75, 3.05) is 25.0 Å². The fraction of sp³-hybridized carbons (Fsp3) is 0.524. The number of hydrogen-bond donors (Lipinski definition) is 1. The summed E-state index contributed by atoms with van der Waals surface area (Å²) in [5, 5.41) is 3.45. The summed E-state index contributed by atoms with van der Waals surface area (Å²) in [6.45, 7) is 5.30. The SMILES string of the molecule is Cc1ccc(F)c(CN2CCC3(CC2)C[C@H](Nc2ncccn2)CCO3)c1. The Morgan fingerprint density at radius 1 is 1.26 bits per heavy atom. The first kappa shape index (κ1) is 18.3. The van der Waals surface area contributed by atoms with Crippen LogP contribution in [0.1, 0.15) is 36.8 Å². The van der Waals surface area contributed by atoms with Gasteiger partial charge < -0.3 is 10.1 Å². The van der Waals surface area contributed by atoms with Crippen molar-refractivity contribution in [3.63, 3.8) is 0 Å². The summed E-state index contributed by atoms with van der Waals surface area (Å²) in [6, 6.07) is 7.51. The lowest BCUT2D eigenvalue weighted by Crippen LogP contribution is -2.51. The molecule has 1 atom stereocenters. The van der Waals surface area contributed by atoms with Gasteiger partial charge in [-0.25, -0.2) is 14.4 Å². The van der Waals surface area contributed by atoms with Crippen molar-refractivity contribution in [1.29, 1.82) is 0 Å². The van der Waals surface area contributed by atoms with Gasteiger partial charge in [0.2, 0.25) is 5.95 Å². The third-order valence-electron chi connectivity index (χ3n) is 5.75. The fourth-order valence-electron chi connectivity index (χ4n) is 4.24. The van der Waals surface area contributed by atoms with Gasteiger partial charge in [0.1, 0.15) is 5.82 Å². The van der Waals surface area contributed by atoms with Crippen LogP contribution in [0.2, 0.25) is 0 Å². The highest BCUT2D eigenvalue weighted by atomic mass is 19.1. The van der Waals surface area contributed by atoms with E-state index < -0.39 is 0 Å². The molecule has 0 radical (unpaired) electrons. The van der Waals surface area contributed by atoms with Gasteiger partial charge in [-0.05, 0) is 44.7 Å². The summed E-state index contributed by atoms with van der Waals surface area (Å²) in [5.41, 5.74) is 1.82. The second-order valence-electron chi connectivity index (χ2n) is 7.81. The molecule has 27 heavy (non-hydrogen) atoms. The lowest BCUT2D eigenvalue weighted by atomic mass is 9.82. The minimum absolute atomic E-state index is 0.0770. The standard InChI is InChI=1S/C21H27FN4O/c1-16-3-4-19(22)17(13-16)15-26-10-6-21(7-11-26)14-18(5-12-27-21)25-20-23-8-2-9-24-20/h2-4,8-9,13,18H,5-7,10-12,14-15H2,1H3,(H,23,24,25)/t18-/m1/s1. The predicted octanol–water partition coefficient (Wildman–Crippen LogP) is 3.55. The summed E-state index contributed by atoms with van der Waals surface area (Å²) in [7, 11) is 0. The molecule has 5 nitrogen and oxygen atoms in total. The summed E-state index contributed by atoms with van der Waals surface area (Å²) in [5.74, 6) is 0.578. The number of benzene rings is 1. The number of aryl methyl sites for hydroxylation is 1. The number of piperidine rings is 1. The molecular weight excluding hydrogens is 343 g/mol. The van der Waals surface area contributed by atoms with Crippen LogP contribution in [0.15, 0.2) is 36.7 Å². The van der Waals surface area contributed by atoms with Gasteiger partial charge in [-0.3, -0.25) is 4.90 Å². The molecular formula is C21H27FN4O. The first-order valence-electron chi connectivity index (χ1n) is 9.77. The number of nitrogens with one attached hydrogen (secondary N) is 1. The Hall–Kier alpha value is -2.05. The maximum atomic E-state index is 14.1. The van der Waals surface area contributed by atoms with Gasteiger partial charge in [0.05, 0.1) is 5.60 Å². The minimum atomic E-state index is -0.109. The Morgan fingerprint density at radius 2 is 2.04 bits per heavy atom. The largest absolute Gasteiger partial charge is 0.375 e. The van der Waals surface area contributed by atoms with Crippen LogP contribution in [0.4, 0.5) is 10.3 Å². The number of ether oxygens (including phenoxy) is 1. The molecule has 2 aromatic rings. The van der Waals surface area contributed by atoms with Crippen LogP contribution in [-0.4, -0.2) is 46.2 Å². The van der Waals surface area contributed by atoms with Gasteiger partial charge in [-0.15, -0.1) is 0 Å². The third kappa shape index (κ3) is 4.45. The normalized spacial score (nSPS) is 22.7. The van der Waals surface area contributed by atoms with Gasteiger partial charge in [0.25, 0.3) is 0 Å². The van der Waals surface area contributed by atoms with Crippen molar-refractivity contribution >= 4 is 5.95 Å². The third-order valence-corrected chi connectivity index (χ3v) is 5.75. The molecule has 0 aliphatic carbocycles. The maximum absolute atomic E-state index is 14.1. The molecule has 0 amide bonds. The molecule has 2 aliphatic heterocycles. The zero-order valence-electron chi connectivity index (χ0n) is 15.8.